The number of anilines is 1. The zero-order valence-corrected chi connectivity index (χ0v) is 10.6. The summed E-state index contributed by atoms with van der Waals surface area (Å²) in [5.41, 5.74) is -0.467. The Balaban J connectivity index is 1.97. The molecule has 0 aliphatic rings. The monoisotopic (exact) mass is 301 g/mol. The van der Waals surface area contributed by atoms with Crippen molar-refractivity contribution in [3.05, 3.63) is 53.6 Å². The lowest BCUT2D eigenvalue weighted by Gasteiger charge is -2.13. The molecule has 0 saturated heterocycles. The summed E-state index contributed by atoms with van der Waals surface area (Å²) in [7, 11) is 0. The number of hydrogen-bond donors (Lipinski definition) is 2. The molecule has 0 aliphatic carbocycles. The van der Waals surface area contributed by atoms with Crippen LogP contribution in [0.4, 0.5) is 23.5 Å². The van der Waals surface area contributed by atoms with E-state index in [0.29, 0.717) is 5.56 Å². The van der Waals surface area contributed by atoms with E-state index in [1.54, 1.807) is 0 Å². The van der Waals surface area contributed by atoms with E-state index in [1.165, 1.54) is 12.1 Å². The van der Waals surface area contributed by atoms with Crippen molar-refractivity contribution in [2.45, 2.75) is 12.3 Å². The van der Waals surface area contributed by atoms with Gasteiger partial charge in [0, 0.05) is 6.54 Å². The van der Waals surface area contributed by atoms with Gasteiger partial charge < -0.3 is 10.4 Å². The van der Waals surface area contributed by atoms with Gasteiger partial charge in [0.05, 0.1) is 24.1 Å². The van der Waals surface area contributed by atoms with Crippen LogP contribution in [-0.2, 0) is 6.18 Å². The number of benzene rings is 1. The Morgan fingerprint density at radius 1 is 1.10 bits per heavy atom. The fraction of sp³-hybridized carbons (Fsp3) is 0.231. The number of aromatic nitrogens is 2. The van der Waals surface area contributed by atoms with E-state index in [2.05, 4.69) is 15.3 Å². The molecule has 1 atom stereocenters. The topological polar surface area (TPSA) is 58.0 Å². The molecule has 2 rings (SSSR count). The molecular weight excluding hydrogens is 290 g/mol. The summed E-state index contributed by atoms with van der Waals surface area (Å²) < 4.78 is 49.8. The summed E-state index contributed by atoms with van der Waals surface area (Å²) in [5, 5.41) is 12.5. The molecule has 0 radical (unpaired) electrons. The number of aliphatic hydroxyl groups excluding tert-OH is 1. The largest absolute Gasteiger partial charge is 0.416 e. The third kappa shape index (κ3) is 4.12. The first-order chi connectivity index (χ1) is 9.86. The summed E-state index contributed by atoms with van der Waals surface area (Å²) in [4.78, 5) is 7.27. The second-order valence-corrected chi connectivity index (χ2v) is 4.24. The number of hydrogen-bond acceptors (Lipinski definition) is 4. The van der Waals surface area contributed by atoms with Gasteiger partial charge >= 0.3 is 6.18 Å². The maximum atomic E-state index is 12.6. The van der Waals surface area contributed by atoms with E-state index in [1.807, 2.05) is 0 Å². The number of halogens is 4. The van der Waals surface area contributed by atoms with Crippen molar-refractivity contribution >= 4 is 5.95 Å². The molecule has 112 valence electrons. The lowest BCUT2D eigenvalue weighted by Crippen LogP contribution is -2.14. The van der Waals surface area contributed by atoms with Crippen LogP contribution < -0.4 is 5.32 Å². The zero-order chi connectivity index (χ0) is 15.5. The van der Waals surface area contributed by atoms with Crippen LogP contribution in [0.3, 0.4) is 0 Å². The molecule has 0 saturated carbocycles. The number of rotatable bonds is 4. The normalized spacial score (nSPS) is 13.0. The molecule has 0 amide bonds. The van der Waals surface area contributed by atoms with Gasteiger partial charge in [-0.1, -0.05) is 12.1 Å². The predicted octanol–water partition coefficient (Wildman–Crippen LogP) is 2.78. The first-order valence-electron chi connectivity index (χ1n) is 5.93. The molecule has 1 unspecified atom stereocenters. The Morgan fingerprint density at radius 3 is 2.19 bits per heavy atom. The summed E-state index contributed by atoms with van der Waals surface area (Å²) in [6, 6.07) is 4.18. The van der Waals surface area contributed by atoms with Crippen LogP contribution >= 0.6 is 0 Å². The highest BCUT2D eigenvalue weighted by Crippen LogP contribution is 2.29. The molecule has 0 aliphatic heterocycles. The summed E-state index contributed by atoms with van der Waals surface area (Å²) in [6.45, 7) is -0.0169. The van der Waals surface area contributed by atoms with Crippen LogP contribution in [0.1, 0.15) is 17.2 Å². The maximum Gasteiger partial charge on any atom is 0.416 e. The Labute approximate surface area is 117 Å². The van der Waals surface area contributed by atoms with Crippen LogP contribution in [0, 0.1) is 5.82 Å². The van der Waals surface area contributed by atoms with E-state index in [9.17, 15) is 22.7 Å². The SMILES string of the molecule is OC(CNc1ncc(F)cn1)c1ccc(C(F)(F)F)cc1. The van der Waals surface area contributed by atoms with Crippen molar-refractivity contribution in [3.8, 4) is 0 Å². The molecule has 2 aromatic rings. The Morgan fingerprint density at radius 2 is 1.67 bits per heavy atom. The van der Waals surface area contributed by atoms with E-state index in [-0.39, 0.29) is 12.5 Å². The molecule has 21 heavy (non-hydrogen) atoms. The van der Waals surface area contributed by atoms with Gasteiger partial charge in [-0.2, -0.15) is 13.2 Å². The molecule has 8 heteroatoms. The first kappa shape index (κ1) is 15.2. The summed E-state index contributed by atoms with van der Waals surface area (Å²) >= 11 is 0. The lowest BCUT2D eigenvalue weighted by atomic mass is 10.1. The van der Waals surface area contributed by atoms with Gasteiger partial charge in [0.2, 0.25) is 5.95 Å². The fourth-order valence-electron chi connectivity index (χ4n) is 1.60. The molecule has 1 heterocycles. The van der Waals surface area contributed by atoms with E-state index in [0.717, 1.165) is 24.5 Å². The van der Waals surface area contributed by atoms with Crippen LogP contribution in [0.2, 0.25) is 0 Å². The third-order valence-corrected chi connectivity index (χ3v) is 2.70. The van der Waals surface area contributed by atoms with Gasteiger partial charge in [0.25, 0.3) is 0 Å². The minimum absolute atomic E-state index is 0.0169. The van der Waals surface area contributed by atoms with Gasteiger partial charge in [-0.25, -0.2) is 14.4 Å². The van der Waals surface area contributed by atoms with Crippen molar-refractivity contribution in [2.75, 3.05) is 11.9 Å². The van der Waals surface area contributed by atoms with Crippen LogP contribution in [0.5, 0.6) is 0 Å². The Bertz CT molecular complexity index is 584. The van der Waals surface area contributed by atoms with E-state index >= 15 is 0 Å². The summed E-state index contributed by atoms with van der Waals surface area (Å²) in [6.07, 6.45) is -3.54. The van der Waals surface area contributed by atoms with Crippen molar-refractivity contribution < 1.29 is 22.7 Å². The highest BCUT2D eigenvalue weighted by Gasteiger charge is 2.30. The van der Waals surface area contributed by atoms with Crippen molar-refractivity contribution in [3.63, 3.8) is 0 Å². The minimum Gasteiger partial charge on any atom is -0.387 e. The minimum atomic E-state index is -4.41. The highest BCUT2D eigenvalue weighted by molar-refractivity contribution is 5.28. The molecular formula is C13H11F4N3O. The number of alkyl halides is 3. The van der Waals surface area contributed by atoms with Crippen molar-refractivity contribution in [1.29, 1.82) is 0 Å². The molecule has 0 fully saturated rings. The molecule has 1 aromatic carbocycles. The average Bonchev–Trinajstić information content (AvgIpc) is 2.45. The van der Waals surface area contributed by atoms with Crippen LogP contribution in [-0.4, -0.2) is 21.6 Å². The van der Waals surface area contributed by atoms with E-state index < -0.39 is 23.7 Å². The standard InChI is InChI=1S/C13H11F4N3O/c14-10-5-18-12(19-6-10)20-7-11(21)8-1-3-9(4-2-8)13(15,16)17/h1-6,11,21H,7H2,(H,18,19,20). The molecule has 0 spiro atoms. The quantitative estimate of drug-likeness (QED) is 0.853. The van der Waals surface area contributed by atoms with Gasteiger partial charge in [-0.3, -0.25) is 0 Å². The molecule has 1 aromatic heterocycles. The third-order valence-electron chi connectivity index (χ3n) is 2.70. The number of aliphatic hydroxyl groups is 1. The second kappa shape index (κ2) is 6.04. The van der Waals surface area contributed by atoms with Gasteiger partial charge in [0.1, 0.15) is 0 Å². The first-order valence-corrected chi connectivity index (χ1v) is 5.93. The molecule has 4 nitrogen and oxygen atoms in total. The number of nitrogens with zero attached hydrogens (tertiary/aromatic N) is 2. The average molecular weight is 301 g/mol. The molecule has 0 bridgehead atoms. The fourth-order valence-corrected chi connectivity index (χ4v) is 1.60. The van der Waals surface area contributed by atoms with Gasteiger partial charge in [0.15, 0.2) is 5.82 Å². The smallest absolute Gasteiger partial charge is 0.387 e. The second-order valence-electron chi connectivity index (χ2n) is 4.24. The van der Waals surface area contributed by atoms with Crippen LogP contribution in [0.15, 0.2) is 36.7 Å². The van der Waals surface area contributed by atoms with E-state index in [4.69, 9.17) is 0 Å². The number of nitrogens with one attached hydrogen (secondary N) is 1. The van der Waals surface area contributed by atoms with Gasteiger partial charge in [-0.05, 0) is 17.7 Å². The lowest BCUT2D eigenvalue weighted by molar-refractivity contribution is -0.137. The van der Waals surface area contributed by atoms with Crippen molar-refractivity contribution in [1.82, 2.24) is 9.97 Å². The van der Waals surface area contributed by atoms with Crippen molar-refractivity contribution in [2.24, 2.45) is 0 Å². The Kier molecular flexibility index (Phi) is 4.37. The van der Waals surface area contributed by atoms with Gasteiger partial charge in [-0.15, -0.1) is 0 Å². The molecule has 2 N–H and O–H groups in total. The van der Waals surface area contributed by atoms with Crippen LogP contribution in [0.25, 0.3) is 0 Å². The zero-order valence-electron chi connectivity index (χ0n) is 10.6. The highest BCUT2D eigenvalue weighted by atomic mass is 19.4. The summed E-state index contributed by atoms with van der Waals surface area (Å²) in [5.74, 6) is -0.480. The maximum absolute atomic E-state index is 12.6. The Hall–Kier alpha value is -2.22. The predicted molar refractivity (Wildman–Crippen MR) is 66.9 cm³/mol.